The number of carbonyl (C=O) groups excluding carboxylic acids is 1. The molecule has 25 heavy (non-hydrogen) atoms. The van der Waals surface area contributed by atoms with Crippen molar-refractivity contribution in [3.63, 3.8) is 0 Å². The Labute approximate surface area is 149 Å². The van der Waals surface area contributed by atoms with Gasteiger partial charge in [0.2, 0.25) is 5.91 Å². The molecule has 0 aliphatic rings. The fraction of sp³-hybridized carbons (Fsp3) is 0.222. The van der Waals surface area contributed by atoms with Crippen molar-refractivity contribution in [2.24, 2.45) is 0 Å². The first kappa shape index (κ1) is 17.0. The zero-order valence-electron chi connectivity index (χ0n) is 13.5. The van der Waals surface area contributed by atoms with Crippen LogP contribution in [0, 0.1) is 11.3 Å². The Bertz CT molecular complexity index is 884. The van der Waals surface area contributed by atoms with Crippen molar-refractivity contribution >= 4 is 28.6 Å². The van der Waals surface area contributed by atoms with Gasteiger partial charge in [0, 0.05) is 11.9 Å². The predicted octanol–water partition coefficient (Wildman–Crippen LogP) is 3.26. The predicted molar refractivity (Wildman–Crippen MR) is 94.6 cm³/mol. The van der Waals surface area contributed by atoms with Gasteiger partial charge in [-0.2, -0.15) is 5.26 Å². The first-order valence-corrected chi connectivity index (χ1v) is 8.76. The van der Waals surface area contributed by atoms with Crippen LogP contribution < -0.4 is 0 Å². The van der Waals surface area contributed by atoms with Crippen LogP contribution in [0.15, 0.2) is 58.4 Å². The van der Waals surface area contributed by atoms with Gasteiger partial charge in [-0.05, 0) is 18.2 Å². The number of hydrogen-bond donors (Lipinski definition) is 0. The minimum absolute atomic E-state index is 0.0562. The van der Waals surface area contributed by atoms with E-state index in [0.717, 1.165) is 15.9 Å². The van der Waals surface area contributed by atoms with Crippen molar-refractivity contribution in [1.29, 1.82) is 5.26 Å². The largest absolute Gasteiger partial charge is 0.467 e. The number of carbonyl (C=O) groups is 1. The van der Waals surface area contributed by atoms with Crippen molar-refractivity contribution < 1.29 is 9.21 Å². The number of amides is 1. The molecule has 2 heterocycles. The molecule has 126 valence electrons. The minimum Gasteiger partial charge on any atom is -0.467 e. The molecule has 1 aromatic carbocycles. The number of benzene rings is 1. The van der Waals surface area contributed by atoms with Crippen LogP contribution in [0.2, 0.25) is 0 Å². The summed E-state index contributed by atoms with van der Waals surface area (Å²) in [5, 5.41) is 10.5. The molecule has 0 N–H and O–H groups in total. The summed E-state index contributed by atoms with van der Waals surface area (Å²) in [5.74, 6) is 0.885. The highest BCUT2D eigenvalue weighted by Crippen LogP contribution is 2.24. The van der Waals surface area contributed by atoms with Crippen LogP contribution in [0.25, 0.3) is 10.9 Å². The topological polar surface area (TPSA) is 83.0 Å². The van der Waals surface area contributed by atoms with Crippen molar-refractivity contribution in [1.82, 2.24) is 14.9 Å². The number of hydrogen-bond acceptors (Lipinski definition) is 6. The van der Waals surface area contributed by atoms with Gasteiger partial charge in [-0.1, -0.05) is 30.0 Å². The van der Waals surface area contributed by atoms with E-state index >= 15 is 0 Å². The highest BCUT2D eigenvalue weighted by molar-refractivity contribution is 8.00. The number of aromatic nitrogens is 2. The summed E-state index contributed by atoms with van der Waals surface area (Å²) in [6.07, 6.45) is 3.36. The number of para-hydroxylation sites is 1. The van der Waals surface area contributed by atoms with E-state index < -0.39 is 0 Å². The molecule has 0 unspecified atom stereocenters. The van der Waals surface area contributed by atoms with E-state index in [-0.39, 0.29) is 18.1 Å². The van der Waals surface area contributed by atoms with Gasteiger partial charge < -0.3 is 9.32 Å². The zero-order chi connectivity index (χ0) is 17.5. The van der Waals surface area contributed by atoms with E-state index in [1.165, 1.54) is 18.1 Å². The number of furan rings is 1. The number of rotatable bonds is 7. The van der Waals surface area contributed by atoms with E-state index in [1.54, 1.807) is 17.2 Å². The maximum absolute atomic E-state index is 12.6. The zero-order valence-corrected chi connectivity index (χ0v) is 14.3. The Morgan fingerprint density at radius 1 is 1.24 bits per heavy atom. The number of nitrogens with zero attached hydrogens (tertiary/aromatic N) is 4. The molecule has 0 aliphatic carbocycles. The summed E-state index contributed by atoms with van der Waals surface area (Å²) in [4.78, 5) is 22.7. The molecule has 7 heteroatoms. The maximum Gasteiger partial charge on any atom is 0.233 e. The fourth-order valence-electron chi connectivity index (χ4n) is 2.38. The quantitative estimate of drug-likeness (QED) is 0.479. The lowest BCUT2D eigenvalue weighted by Gasteiger charge is -2.20. The average molecular weight is 352 g/mol. The van der Waals surface area contributed by atoms with E-state index in [0.29, 0.717) is 18.8 Å². The van der Waals surface area contributed by atoms with Crippen LogP contribution in [0.1, 0.15) is 12.2 Å². The van der Waals surface area contributed by atoms with Crippen LogP contribution in [0.3, 0.4) is 0 Å². The van der Waals surface area contributed by atoms with Gasteiger partial charge in [0.1, 0.15) is 17.1 Å². The van der Waals surface area contributed by atoms with Crippen molar-refractivity contribution in [2.75, 3.05) is 12.3 Å². The van der Waals surface area contributed by atoms with Crippen molar-refractivity contribution in [3.8, 4) is 6.07 Å². The molecular weight excluding hydrogens is 336 g/mol. The summed E-state index contributed by atoms with van der Waals surface area (Å²) in [6.45, 7) is 0.736. The van der Waals surface area contributed by atoms with Crippen LogP contribution >= 0.6 is 11.8 Å². The molecule has 0 atom stereocenters. The normalized spacial score (nSPS) is 10.5. The lowest BCUT2D eigenvalue weighted by atomic mass is 10.2. The molecule has 2 aromatic heterocycles. The molecule has 0 spiro atoms. The standard InChI is InChI=1S/C18H16N4O2S/c19-8-4-9-22(11-14-5-3-10-24-14)17(23)12-25-18-15-6-1-2-7-16(15)20-13-21-18/h1-3,5-7,10,13H,4,9,11-12H2. The highest BCUT2D eigenvalue weighted by Gasteiger charge is 2.16. The van der Waals surface area contributed by atoms with Gasteiger partial charge in [-0.25, -0.2) is 9.97 Å². The Kier molecular flexibility index (Phi) is 5.65. The maximum atomic E-state index is 12.6. The number of fused-ring (bicyclic) bond motifs is 1. The number of thioether (sulfide) groups is 1. The second-order valence-electron chi connectivity index (χ2n) is 5.29. The van der Waals surface area contributed by atoms with E-state index in [4.69, 9.17) is 9.68 Å². The van der Waals surface area contributed by atoms with Gasteiger partial charge >= 0.3 is 0 Å². The summed E-state index contributed by atoms with van der Waals surface area (Å²) < 4.78 is 5.31. The van der Waals surface area contributed by atoms with Gasteiger partial charge in [-0.15, -0.1) is 0 Å². The lowest BCUT2D eigenvalue weighted by molar-refractivity contribution is -0.129. The smallest absolute Gasteiger partial charge is 0.233 e. The fourth-order valence-corrected chi connectivity index (χ4v) is 3.28. The average Bonchev–Trinajstić information content (AvgIpc) is 3.16. The third kappa shape index (κ3) is 4.37. The SMILES string of the molecule is N#CCCN(Cc1ccco1)C(=O)CSc1ncnc2ccccc12. The van der Waals surface area contributed by atoms with Crippen LogP contribution in [-0.2, 0) is 11.3 Å². The molecule has 0 bridgehead atoms. The highest BCUT2D eigenvalue weighted by atomic mass is 32.2. The van der Waals surface area contributed by atoms with Crippen LogP contribution in [0.4, 0.5) is 0 Å². The van der Waals surface area contributed by atoms with Gasteiger partial charge in [0.15, 0.2) is 0 Å². The molecule has 0 saturated carbocycles. The third-order valence-corrected chi connectivity index (χ3v) is 4.60. The molecule has 3 aromatic rings. The second kappa shape index (κ2) is 8.31. The van der Waals surface area contributed by atoms with Gasteiger partial charge in [-0.3, -0.25) is 4.79 Å². The van der Waals surface area contributed by atoms with Crippen LogP contribution in [0.5, 0.6) is 0 Å². The van der Waals surface area contributed by atoms with E-state index in [2.05, 4.69) is 16.0 Å². The number of nitriles is 1. The first-order valence-electron chi connectivity index (χ1n) is 7.77. The van der Waals surface area contributed by atoms with Crippen molar-refractivity contribution in [2.45, 2.75) is 18.0 Å². The lowest BCUT2D eigenvalue weighted by Crippen LogP contribution is -2.32. The summed E-state index contributed by atoms with van der Waals surface area (Å²) in [6, 6.07) is 13.4. The Balaban J connectivity index is 1.69. The summed E-state index contributed by atoms with van der Waals surface area (Å²) in [5.41, 5.74) is 0.851. The molecule has 3 rings (SSSR count). The molecular formula is C18H16N4O2S. The molecule has 0 aliphatic heterocycles. The van der Waals surface area contributed by atoms with Gasteiger partial charge in [0.05, 0.1) is 36.6 Å². The summed E-state index contributed by atoms with van der Waals surface area (Å²) in [7, 11) is 0. The molecule has 1 amide bonds. The summed E-state index contributed by atoms with van der Waals surface area (Å²) >= 11 is 1.38. The molecule has 0 fully saturated rings. The Morgan fingerprint density at radius 3 is 2.92 bits per heavy atom. The molecule has 0 radical (unpaired) electrons. The van der Waals surface area contributed by atoms with Crippen molar-refractivity contribution in [3.05, 3.63) is 54.7 Å². The van der Waals surface area contributed by atoms with Gasteiger partial charge in [0.25, 0.3) is 0 Å². The third-order valence-electron chi connectivity index (χ3n) is 3.61. The van der Waals surface area contributed by atoms with E-state index in [9.17, 15) is 4.79 Å². The minimum atomic E-state index is -0.0562. The molecule has 6 nitrogen and oxygen atoms in total. The van der Waals surface area contributed by atoms with Crippen LogP contribution in [-0.4, -0.2) is 33.1 Å². The second-order valence-corrected chi connectivity index (χ2v) is 6.25. The Hall–Kier alpha value is -2.85. The first-order chi connectivity index (χ1) is 12.3. The Morgan fingerprint density at radius 2 is 2.12 bits per heavy atom. The monoisotopic (exact) mass is 352 g/mol. The van der Waals surface area contributed by atoms with E-state index in [1.807, 2.05) is 30.3 Å². The molecule has 0 saturated heterocycles.